The van der Waals surface area contributed by atoms with Gasteiger partial charge in [-0.2, -0.15) is 0 Å². The zero-order valence-electron chi connectivity index (χ0n) is 15.6. The van der Waals surface area contributed by atoms with Gasteiger partial charge < -0.3 is 0 Å². The monoisotopic (exact) mass is 443 g/mol. The maximum atomic E-state index is 12.6. The Labute approximate surface area is 179 Å². The van der Waals surface area contributed by atoms with E-state index in [2.05, 4.69) is 15.6 Å². The van der Waals surface area contributed by atoms with Crippen LogP contribution in [-0.2, 0) is 21.2 Å². The van der Waals surface area contributed by atoms with Crippen molar-refractivity contribution < 1.29 is 18.0 Å². The van der Waals surface area contributed by atoms with E-state index in [1.165, 1.54) is 30.3 Å². The van der Waals surface area contributed by atoms with Gasteiger partial charge in [-0.1, -0.05) is 60.1 Å². The Morgan fingerprint density at radius 1 is 0.833 bits per heavy atom. The number of hydrogen-bond acceptors (Lipinski definition) is 4. The molecule has 3 aromatic carbocycles. The SMILES string of the molecule is O=C(Cc1ccccc1)NNC(=O)c1cccc(S(=O)(=O)Nc2ccccc2Cl)c1. The molecule has 0 atom stereocenters. The average Bonchev–Trinajstić information content (AvgIpc) is 2.74. The molecular weight excluding hydrogens is 426 g/mol. The Kier molecular flexibility index (Phi) is 6.71. The van der Waals surface area contributed by atoms with Gasteiger partial charge in [0.25, 0.3) is 15.9 Å². The van der Waals surface area contributed by atoms with Crippen molar-refractivity contribution in [1.82, 2.24) is 10.9 Å². The van der Waals surface area contributed by atoms with E-state index in [0.29, 0.717) is 0 Å². The van der Waals surface area contributed by atoms with E-state index in [-0.39, 0.29) is 27.6 Å². The molecule has 0 spiro atoms. The van der Waals surface area contributed by atoms with E-state index in [1.807, 2.05) is 18.2 Å². The largest absolute Gasteiger partial charge is 0.278 e. The van der Waals surface area contributed by atoms with E-state index < -0.39 is 21.8 Å². The first-order valence-corrected chi connectivity index (χ1v) is 10.7. The lowest BCUT2D eigenvalue weighted by Crippen LogP contribution is -2.42. The molecule has 0 radical (unpaired) electrons. The Morgan fingerprint density at radius 2 is 1.53 bits per heavy atom. The summed E-state index contributed by atoms with van der Waals surface area (Å²) in [7, 11) is -3.97. The van der Waals surface area contributed by atoms with E-state index in [9.17, 15) is 18.0 Å². The van der Waals surface area contributed by atoms with Crippen molar-refractivity contribution in [2.75, 3.05) is 4.72 Å². The molecule has 3 N–H and O–H groups in total. The molecule has 2 amide bonds. The van der Waals surface area contributed by atoms with Gasteiger partial charge in [0.1, 0.15) is 0 Å². The third-order valence-electron chi connectivity index (χ3n) is 4.05. The minimum absolute atomic E-state index is 0.0667. The second kappa shape index (κ2) is 9.43. The molecule has 3 aromatic rings. The zero-order valence-corrected chi connectivity index (χ0v) is 17.2. The molecule has 0 fully saturated rings. The van der Waals surface area contributed by atoms with Crippen molar-refractivity contribution in [2.24, 2.45) is 0 Å². The van der Waals surface area contributed by atoms with Crippen molar-refractivity contribution in [1.29, 1.82) is 0 Å². The summed E-state index contributed by atoms with van der Waals surface area (Å²) in [5.41, 5.74) is 5.68. The second-order valence-electron chi connectivity index (χ2n) is 6.28. The van der Waals surface area contributed by atoms with Gasteiger partial charge in [0.2, 0.25) is 5.91 Å². The number of carbonyl (C=O) groups is 2. The Morgan fingerprint density at radius 3 is 2.27 bits per heavy atom. The van der Waals surface area contributed by atoms with E-state index in [4.69, 9.17) is 11.6 Å². The molecule has 7 nitrogen and oxygen atoms in total. The number of benzene rings is 3. The number of halogens is 1. The third kappa shape index (κ3) is 5.59. The zero-order chi connectivity index (χ0) is 21.6. The molecule has 0 aliphatic heterocycles. The van der Waals surface area contributed by atoms with Crippen LogP contribution in [-0.4, -0.2) is 20.2 Å². The molecule has 0 aromatic heterocycles. The van der Waals surface area contributed by atoms with Crippen molar-refractivity contribution in [3.8, 4) is 0 Å². The van der Waals surface area contributed by atoms with Gasteiger partial charge in [0.15, 0.2) is 0 Å². The Hall–Kier alpha value is -3.36. The highest BCUT2D eigenvalue weighted by molar-refractivity contribution is 7.92. The first-order valence-electron chi connectivity index (χ1n) is 8.86. The fraction of sp³-hybridized carbons (Fsp3) is 0.0476. The van der Waals surface area contributed by atoms with E-state index >= 15 is 0 Å². The third-order valence-corrected chi connectivity index (χ3v) is 5.74. The number of rotatable bonds is 6. The highest BCUT2D eigenvalue weighted by Crippen LogP contribution is 2.24. The highest BCUT2D eigenvalue weighted by Gasteiger charge is 2.18. The van der Waals surface area contributed by atoms with Crippen LogP contribution >= 0.6 is 11.6 Å². The Bertz CT molecular complexity index is 1170. The number of amides is 2. The number of anilines is 1. The highest BCUT2D eigenvalue weighted by atomic mass is 35.5. The molecule has 0 aliphatic carbocycles. The molecular formula is C21H18ClN3O4S. The van der Waals surface area contributed by atoms with Crippen LogP contribution in [0, 0.1) is 0 Å². The number of hydrogen-bond donors (Lipinski definition) is 3. The van der Waals surface area contributed by atoms with Gasteiger partial charge >= 0.3 is 0 Å². The van der Waals surface area contributed by atoms with Crippen LogP contribution in [0.4, 0.5) is 5.69 Å². The van der Waals surface area contributed by atoms with Crippen LogP contribution in [0.5, 0.6) is 0 Å². The van der Waals surface area contributed by atoms with Gasteiger partial charge in [-0.25, -0.2) is 8.42 Å². The standard InChI is InChI=1S/C21H18ClN3O4S/c22-18-11-4-5-12-19(18)25-30(28,29)17-10-6-9-16(14-17)21(27)24-23-20(26)13-15-7-2-1-3-8-15/h1-12,14,25H,13H2,(H,23,26)(H,24,27). The summed E-state index contributed by atoms with van der Waals surface area (Å²) in [5.74, 6) is -1.05. The summed E-state index contributed by atoms with van der Waals surface area (Å²) in [5, 5.41) is 0.246. The fourth-order valence-corrected chi connectivity index (χ4v) is 3.94. The van der Waals surface area contributed by atoms with Crippen molar-refractivity contribution >= 4 is 39.1 Å². The molecule has 0 saturated carbocycles. The van der Waals surface area contributed by atoms with Crippen LogP contribution in [0.1, 0.15) is 15.9 Å². The minimum atomic E-state index is -3.97. The fourth-order valence-electron chi connectivity index (χ4n) is 2.58. The van der Waals surface area contributed by atoms with Crippen LogP contribution in [0.25, 0.3) is 0 Å². The topological polar surface area (TPSA) is 104 Å². The summed E-state index contributed by atoms with van der Waals surface area (Å²) in [6, 6.07) is 20.9. The molecule has 0 saturated heterocycles. The van der Waals surface area contributed by atoms with Crippen LogP contribution in [0.15, 0.2) is 83.8 Å². The summed E-state index contributed by atoms with van der Waals surface area (Å²) in [6.07, 6.45) is 0.0945. The van der Waals surface area contributed by atoms with Crippen molar-refractivity contribution in [3.63, 3.8) is 0 Å². The van der Waals surface area contributed by atoms with E-state index in [0.717, 1.165) is 5.56 Å². The lowest BCUT2D eigenvalue weighted by molar-refractivity contribution is -0.121. The van der Waals surface area contributed by atoms with Gasteiger partial charge in [-0.15, -0.1) is 0 Å². The first kappa shape index (κ1) is 21.4. The summed E-state index contributed by atoms with van der Waals surface area (Å²) < 4.78 is 27.6. The van der Waals surface area contributed by atoms with Crippen molar-refractivity contribution in [2.45, 2.75) is 11.3 Å². The number of nitrogens with one attached hydrogen (secondary N) is 3. The molecule has 3 rings (SSSR count). The summed E-state index contributed by atoms with van der Waals surface area (Å²) in [4.78, 5) is 24.2. The first-order chi connectivity index (χ1) is 14.3. The van der Waals surface area contributed by atoms with Gasteiger partial charge in [-0.3, -0.25) is 25.2 Å². The average molecular weight is 444 g/mol. The lowest BCUT2D eigenvalue weighted by Gasteiger charge is -2.11. The van der Waals surface area contributed by atoms with Crippen molar-refractivity contribution in [3.05, 3.63) is 95.0 Å². The lowest BCUT2D eigenvalue weighted by atomic mass is 10.1. The quantitative estimate of drug-likeness (QED) is 0.509. The maximum Gasteiger partial charge on any atom is 0.269 e. The molecule has 0 unspecified atom stereocenters. The summed E-state index contributed by atoms with van der Waals surface area (Å²) in [6.45, 7) is 0. The smallest absolute Gasteiger partial charge is 0.269 e. The molecule has 154 valence electrons. The minimum Gasteiger partial charge on any atom is -0.278 e. The molecule has 9 heteroatoms. The molecule has 0 heterocycles. The normalized spacial score (nSPS) is 10.8. The molecule has 0 aliphatic rings. The Balaban J connectivity index is 1.66. The number of sulfonamides is 1. The number of hydrazine groups is 1. The predicted octanol–water partition coefficient (Wildman–Crippen LogP) is 3.14. The van der Waals surface area contributed by atoms with Gasteiger partial charge in [0, 0.05) is 5.56 Å². The van der Waals surface area contributed by atoms with E-state index in [1.54, 1.807) is 30.3 Å². The summed E-state index contributed by atoms with van der Waals surface area (Å²) >= 11 is 6.00. The van der Waals surface area contributed by atoms with Crippen LogP contribution < -0.4 is 15.6 Å². The van der Waals surface area contributed by atoms with Gasteiger partial charge in [-0.05, 0) is 35.9 Å². The maximum absolute atomic E-state index is 12.6. The second-order valence-corrected chi connectivity index (χ2v) is 8.37. The molecule has 30 heavy (non-hydrogen) atoms. The number of carbonyl (C=O) groups excluding carboxylic acids is 2. The van der Waals surface area contributed by atoms with Gasteiger partial charge in [0.05, 0.1) is 22.0 Å². The van der Waals surface area contributed by atoms with Crippen LogP contribution in [0.2, 0.25) is 5.02 Å². The van der Waals surface area contributed by atoms with Crippen LogP contribution in [0.3, 0.4) is 0 Å². The molecule has 0 bridgehead atoms. The number of para-hydroxylation sites is 1. The predicted molar refractivity (Wildman–Crippen MR) is 114 cm³/mol.